The Bertz CT molecular complexity index is 1440. The van der Waals surface area contributed by atoms with Gasteiger partial charge in [0.25, 0.3) is 0 Å². The first-order chi connectivity index (χ1) is 18.3. The first-order valence-corrected chi connectivity index (χ1v) is 14.3. The number of nitrogens with zero attached hydrogens (tertiary/aromatic N) is 8. The van der Waals surface area contributed by atoms with Crippen molar-refractivity contribution in [2.24, 2.45) is 0 Å². The van der Waals surface area contributed by atoms with Crippen LogP contribution in [0, 0.1) is 0 Å². The van der Waals surface area contributed by atoms with Crippen molar-refractivity contribution in [1.29, 1.82) is 0 Å². The number of aromatic nitrogens is 6. The molecule has 0 aliphatic carbocycles. The van der Waals surface area contributed by atoms with Gasteiger partial charge in [0.05, 0.1) is 0 Å². The van der Waals surface area contributed by atoms with Crippen LogP contribution >= 0.6 is 11.3 Å². The number of carbonyl (C=O) groups excluding carboxylic acids is 1. The minimum atomic E-state index is -4.72. The van der Waals surface area contributed by atoms with Crippen molar-refractivity contribution in [1.82, 2.24) is 33.4 Å². The zero-order chi connectivity index (χ0) is 26.3. The third-order valence-electron chi connectivity index (χ3n) is 5.72. The molecular weight excluding hydrogens is 640 g/mol. The molecule has 0 spiro atoms. The number of hydrogen-bond donors (Lipinski definition) is 0. The van der Waals surface area contributed by atoms with E-state index in [1.807, 2.05) is 3.11 Å². The van der Waals surface area contributed by atoms with Gasteiger partial charge >= 0.3 is 211 Å². The number of alkyl halides is 4. The number of thiophene rings is 1. The summed E-state index contributed by atoms with van der Waals surface area (Å²) < 4.78 is 50.9. The minimum absolute atomic E-state index is 0.0854. The second-order valence-electron chi connectivity index (χ2n) is 8.33. The Hall–Kier alpha value is -3.25. The van der Waals surface area contributed by atoms with Gasteiger partial charge in [0, 0.05) is 0 Å². The van der Waals surface area contributed by atoms with Crippen molar-refractivity contribution in [3.63, 3.8) is 0 Å². The molecule has 1 amide bonds. The quantitative estimate of drug-likeness (QED) is 0.166. The van der Waals surface area contributed by atoms with E-state index in [2.05, 4.69) is 34.8 Å². The van der Waals surface area contributed by atoms with E-state index in [0.29, 0.717) is 28.6 Å². The number of anilines is 2. The average molecular weight is 657 g/mol. The number of carbonyl (C=O) groups is 1. The Morgan fingerprint density at radius 3 is 2.87 bits per heavy atom. The fourth-order valence-electron chi connectivity index (χ4n) is 3.98. The molecule has 4 aromatic rings. The molecule has 2 fully saturated rings. The number of amides is 1. The van der Waals surface area contributed by atoms with Crippen LogP contribution in [0.15, 0.2) is 47.5 Å². The topological polar surface area (TPSA) is 123 Å². The molecule has 11 nitrogen and oxygen atoms in total. The van der Waals surface area contributed by atoms with Gasteiger partial charge in [0.15, 0.2) is 0 Å². The van der Waals surface area contributed by atoms with Crippen LogP contribution in [0.3, 0.4) is 0 Å². The van der Waals surface area contributed by atoms with Crippen molar-refractivity contribution in [2.45, 2.75) is 35.8 Å². The predicted octanol–water partition coefficient (Wildman–Crippen LogP) is 0.700. The van der Waals surface area contributed by atoms with Crippen molar-refractivity contribution in [2.75, 3.05) is 11.4 Å². The SMILES string of the molecule is O=C(c1cnnc(N(Cc2ccc(-c3noc(C(F)(F)F)n3)s2)c2cnccn2)c1)N1CC2CCC(O2)[I-]1. The molecule has 2 aliphatic heterocycles. The molecule has 2 aliphatic rings. The van der Waals surface area contributed by atoms with Crippen molar-refractivity contribution >= 4 is 28.9 Å². The van der Waals surface area contributed by atoms with Gasteiger partial charge in [0.1, 0.15) is 0 Å². The Morgan fingerprint density at radius 1 is 1.21 bits per heavy atom. The summed E-state index contributed by atoms with van der Waals surface area (Å²) in [4.78, 5) is 28.1. The van der Waals surface area contributed by atoms with Crippen molar-refractivity contribution in [3.05, 3.63) is 59.3 Å². The van der Waals surface area contributed by atoms with Crippen LogP contribution in [0.25, 0.3) is 10.7 Å². The monoisotopic (exact) mass is 657 g/mol. The molecule has 2 bridgehead atoms. The number of hydrogen-bond acceptors (Lipinski definition) is 11. The zero-order valence-electron chi connectivity index (χ0n) is 19.2. The van der Waals surface area contributed by atoms with Crippen LogP contribution in [-0.4, -0.2) is 56.1 Å². The van der Waals surface area contributed by atoms with Gasteiger partial charge in [-0.3, -0.25) is 0 Å². The van der Waals surface area contributed by atoms with Crippen molar-refractivity contribution in [3.8, 4) is 10.7 Å². The van der Waals surface area contributed by atoms with Crippen LogP contribution in [0.4, 0.5) is 24.8 Å². The molecule has 16 heteroatoms. The van der Waals surface area contributed by atoms with E-state index in [-0.39, 0.29) is 28.5 Å². The maximum atomic E-state index is 13.3. The molecular formula is C22H17F3IN8O3S-. The molecule has 0 aromatic carbocycles. The number of rotatable bonds is 6. The molecule has 6 heterocycles. The number of fused-ring (bicyclic) bond motifs is 2. The summed E-state index contributed by atoms with van der Waals surface area (Å²) in [5.41, 5.74) is 0.406. The molecule has 4 aromatic heterocycles. The third kappa shape index (κ3) is 5.19. The van der Waals surface area contributed by atoms with E-state index < -0.39 is 33.5 Å². The van der Waals surface area contributed by atoms with Gasteiger partial charge in [-0.15, -0.1) is 0 Å². The number of ether oxygens (including phenoxy) is 1. The molecule has 2 unspecified atom stereocenters. The maximum absolute atomic E-state index is 13.3. The van der Waals surface area contributed by atoms with Crippen LogP contribution in [-0.2, 0) is 17.5 Å². The van der Waals surface area contributed by atoms with Crippen molar-refractivity contribution < 1.29 is 48.7 Å². The summed E-state index contributed by atoms with van der Waals surface area (Å²) in [6, 6.07) is 5.01. The Morgan fingerprint density at radius 2 is 2.11 bits per heavy atom. The van der Waals surface area contributed by atoms with Gasteiger partial charge in [0.2, 0.25) is 0 Å². The summed E-state index contributed by atoms with van der Waals surface area (Å²) in [7, 11) is 0. The van der Waals surface area contributed by atoms with E-state index in [1.54, 1.807) is 29.3 Å². The summed E-state index contributed by atoms with van der Waals surface area (Å²) in [6.07, 6.45) is 3.37. The second kappa shape index (κ2) is 10.1. The number of halogens is 4. The first-order valence-electron chi connectivity index (χ1n) is 11.3. The Kier molecular flexibility index (Phi) is 6.68. The van der Waals surface area contributed by atoms with Crippen LogP contribution in [0.2, 0.25) is 0 Å². The van der Waals surface area contributed by atoms with Crippen LogP contribution in [0.5, 0.6) is 0 Å². The summed E-state index contributed by atoms with van der Waals surface area (Å²) in [6.45, 7) is 0.812. The molecule has 6 rings (SSSR count). The second-order valence-corrected chi connectivity index (χ2v) is 12.6. The van der Waals surface area contributed by atoms with Gasteiger partial charge in [-0.25, -0.2) is 0 Å². The first kappa shape index (κ1) is 25.1. The molecule has 0 N–H and O–H groups in total. The summed E-state index contributed by atoms with van der Waals surface area (Å²) in [5.74, 6) is -0.841. The zero-order valence-corrected chi connectivity index (χ0v) is 22.2. The molecule has 0 radical (unpaired) electrons. The van der Waals surface area contributed by atoms with Gasteiger partial charge in [-0.2, -0.15) is 13.2 Å². The molecule has 2 atom stereocenters. The summed E-state index contributed by atoms with van der Waals surface area (Å²) in [5, 5.41) is 11.8. The van der Waals surface area contributed by atoms with Crippen LogP contribution in [0.1, 0.15) is 34.0 Å². The standard InChI is InChI=1S/C22H17F3IN8O3S/c23-22(24,25)21-30-19(32-37-21)15-3-2-14(38-15)11-33(18-9-27-5-6-28-18)17-7-12(8-29-31-17)20(35)34-10-13-1-4-16(26-34)36-13/h2-3,5-9,13,16H,1,4,10-11H2/q-1. The Labute approximate surface area is 227 Å². The van der Waals surface area contributed by atoms with Gasteiger partial charge in [-0.1, -0.05) is 0 Å². The third-order valence-corrected chi connectivity index (χ3v) is 9.83. The fraction of sp³-hybridized carbons (Fsp3) is 0.318. The van der Waals surface area contributed by atoms with Gasteiger partial charge < -0.3 is 4.52 Å². The fourth-order valence-corrected chi connectivity index (χ4v) is 8.03. The van der Waals surface area contributed by atoms with E-state index in [4.69, 9.17) is 4.74 Å². The molecule has 38 heavy (non-hydrogen) atoms. The summed E-state index contributed by atoms with van der Waals surface area (Å²) >= 11 is 0.604. The van der Waals surface area contributed by atoms with Gasteiger partial charge in [-0.05, 0) is 0 Å². The normalized spacial score (nSPS) is 19.3. The Balaban J connectivity index is 1.27. The van der Waals surface area contributed by atoms with E-state index in [9.17, 15) is 18.0 Å². The van der Waals surface area contributed by atoms with E-state index in [1.165, 1.54) is 29.9 Å². The molecule has 0 saturated carbocycles. The molecule has 2 saturated heterocycles. The van der Waals surface area contributed by atoms with E-state index in [0.717, 1.165) is 17.7 Å². The predicted molar refractivity (Wildman–Crippen MR) is 121 cm³/mol. The van der Waals surface area contributed by atoms with E-state index >= 15 is 0 Å². The van der Waals surface area contributed by atoms with Crippen LogP contribution < -0.4 is 26.4 Å². The average Bonchev–Trinajstić information content (AvgIpc) is 3.67. The molecule has 198 valence electrons.